The molecule has 34 heavy (non-hydrogen) atoms. The van der Waals surface area contributed by atoms with Crippen molar-refractivity contribution in [2.45, 2.75) is 38.0 Å². The number of hydrogen-bond acceptors (Lipinski definition) is 2. The van der Waals surface area contributed by atoms with Crippen molar-refractivity contribution >= 4 is 10.8 Å². The van der Waals surface area contributed by atoms with E-state index in [1.54, 1.807) is 0 Å². The van der Waals surface area contributed by atoms with Crippen LogP contribution in [-0.2, 0) is 24.3 Å². The van der Waals surface area contributed by atoms with E-state index in [4.69, 9.17) is 0 Å². The minimum Gasteiger partial charge on any atom is -0.356 e. The standard InChI is InChI=1S/C30H31NO2S/c1-22-16-23(2)18-26(17-22)29-21-31(3)20-28(30(29)32)25-13-9-14-27(19-25)34(33)15-8-7-12-24-10-5-4-6-11-24/h4-6,9-11,13-14,16-21H,7-8,12,15H2,1-3H3. The second kappa shape index (κ2) is 10.8. The molecule has 1 heterocycles. The van der Waals surface area contributed by atoms with Crippen molar-refractivity contribution in [2.24, 2.45) is 7.05 Å². The molecule has 3 aromatic carbocycles. The van der Waals surface area contributed by atoms with Crippen LogP contribution in [0.3, 0.4) is 0 Å². The van der Waals surface area contributed by atoms with Gasteiger partial charge in [0, 0.05) is 41.2 Å². The van der Waals surface area contributed by atoms with E-state index in [1.165, 1.54) is 5.56 Å². The first-order valence-corrected chi connectivity index (χ1v) is 13.0. The van der Waals surface area contributed by atoms with Crippen LogP contribution in [0.5, 0.6) is 0 Å². The largest absolute Gasteiger partial charge is 0.356 e. The normalized spacial score (nSPS) is 12.0. The zero-order valence-electron chi connectivity index (χ0n) is 20.1. The SMILES string of the molecule is Cc1cc(C)cc(-c2cn(C)cc(-c3cccc(S(=O)CCCCc4ccccc4)c3)c2=O)c1. The number of nitrogens with zero attached hydrogens (tertiary/aromatic N) is 1. The molecule has 0 spiro atoms. The Morgan fingerprint density at radius 2 is 1.44 bits per heavy atom. The summed E-state index contributed by atoms with van der Waals surface area (Å²) in [4.78, 5) is 14.3. The Hall–Kier alpha value is -3.24. The Kier molecular flexibility index (Phi) is 7.59. The highest BCUT2D eigenvalue weighted by Gasteiger charge is 2.13. The van der Waals surface area contributed by atoms with Gasteiger partial charge in [-0.25, -0.2) is 0 Å². The highest BCUT2D eigenvalue weighted by atomic mass is 32.2. The van der Waals surface area contributed by atoms with Crippen LogP contribution in [0.15, 0.2) is 94.9 Å². The van der Waals surface area contributed by atoms with Crippen LogP contribution in [0.25, 0.3) is 22.3 Å². The zero-order valence-corrected chi connectivity index (χ0v) is 20.9. The van der Waals surface area contributed by atoms with Crippen LogP contribution < -0.4 is 5.43 Å². The molecule has 0 N–H and O–H groups in total. The predicted octanol–water partition coefficient (Wildman–Crippen LogP) is 6.47. The number of rotatable bonds is 8. The van der Waals surface area contributed by atoms with E-state index in [2.05, 4.69) is 42.5 Å². The Morgan fingerprint density at radius 3 is 2.15 bits per heavy atom. The van der Waals surface area contributed by atoms with E-state index in [0.717, 1.165) is 46.4 Å². The van der Waals surface area contributed by atoms with Crippen LogP contribution in [0.2, 0.25) is 0 Å². The maximum Gasteiger partial charge on any atom is 0.197 e. The summed E-state index contributed by atoms with van der Waals surface area (Å²) in [7, 11) is 0.841. The third-order valence-electron chi connectivity index (χ3n) is 5.98. The summed E-state index contributed by atoms with van der Waals surface area (Å²) in [5, 5.41) is 0. The van der Waals surface area contributed by atoms with Gasteiger partial charge in [-0.1, -0.05) is 71.8 Å². The summed E-state index contributed by atoms with van der Waals surface area (Å²) in [5.74, 6) is 0.622. The minimum absolute atomic E-state index is 0.00565. The monoisotopic (exact) mass is 469 g/mol. The van der Waals surface area contributed by atoms with E-state index < -0.39 is 10.8 Å². The predicted molar refractivity (Wildman–Crippen MR) is 143 cm³/mol. The van der Waals surface area contributed by atoms with E-state index in [9.17, 15) is 9.00 Å². The molecule has 4 aromatic rings. The molecule has 0 saturated carbocycles. The smallest absolute Gasteiger partial charge is 0.197 e. The van der Waals surface area contributed by atoms with Crippen LogP contribution in [-0.4, -0.2) is 14.5 Å². The molecular formula is C30H31NO2S. The first-order chi connectivity index (χ1) is 16.4. The van der Waals surface area contributed by atoms with Gasteiger partial charge in [-0.15, -0.1) is 0 Å². The van der Waals surface area contributed by atoms with E-state index >= 15 is 0 Å². The molecule has 0 aliphatic heterocycles. The summed E-state index contributed by atoms with van der Waals surface area (Å²) in [6.45, 7) is 4.09. The van der Waals surface area contributed by atoms with Crippen LogP contribution in [0.4, 0.5) is 0 Å². The molecular weight excluding hydrogens is 438 g/mol. The lowest BCUT2D eigenvalue weighted by molar-refractivity contribution is 0.677. The van der Waals surface area contributed by atoms with Crippen molar-refractivity contribution in [3.05, 3.63) is 112 Å². The summed E-state index contributed by atoms with van der Waals surface area (Å²) < 4.78 is 14.9. The molecule has 3 nitrogen and oxygen atoms in total. The minimum atomic E-state index is -1.09. The van der Waals surface area contributed by atoms with Gasteiger partial charge in [0.05, 0.1) is 10.8 Å². The fourth-order valence-electron chi connectivity index (χ4n) is 4.38. The van der Waals surface area contributed by atoms with Crippen molar-refractivity contribution in [1.29, 1.82) is 0 Å². The topological polar surface area (TPSA) is 39.1 Å². The summed E-state index contributed by atoms with van der Waals surface area (Å²) in [5.41, 5.74) is 6.62. The van der Waals surface area contributed by atoms with E-state index in [0.29, 0.717) is 16.9 Å². The summed E-state index contributed by atoms with van der Waals surface area (Å²) >= 11 is 0. The van der Waals surface area contributed by atoms with Crippen LogP contribution in [0.1, 0.15) is 29.5 Å². The number of pyridine rings is 1. The first-order valence-electron chi connectivity index (χ1n) is 11.7. The second-order valence-electron chi connectivity index (χ2n) is 8.98. The molecule has 174 valence electrons. The van der Waals surface area contributed by atoms with Gasteiger partial charge >= 0.3 is 0 Å². The Bertz CT molecular complexity index is 1350. The van der Waals surface area contributed by atoms with Gasteiger partial charge in [0.15, 0.2) is 5.43 Å². The quantitative estimate of drug-likeness (QED) is 0.278. The average molecular weight is 470 g/mol. The van der Waals surface area contributed by atoms with Gasteiger partial charge in [0.1, 0.15) is 0 Å². The van der Waals surface area contributed by atoms with Crippen molar-refractivity contribution in [3.63, 3.8) is 0 Å². The molecule has 0 saturated heterocycles. The molecule has 0 radical (unpaired) electrons. The summed E-state index contributed by atoms with van der Waals surface area (Å²) in [6.07, 6.45) is 6.65. The number of aryl methyl sites for hydroxylation is 4. The molecule has 0 aliphatic carbocycles. The molecule has 1 unspecified atom stereocenters. The number of benzene rings is 3. The Balaban J connectivity index is 1.54. The lowest BCUT2D eigenvalue weighted by Crippen LogP contribution is -2.12. The lowest BCUT2D eigenvalue weighted by atomic mass is 9.98. The molecule has 1 aromatic heterocycles. The molecule has 0 amide bonds. The van der Waals surface area contributed by atoms with Crippen molar-refractivity contribution in [3.8, 4) is 22.3 Å². The van der Waals surface area contributed by atoms with Gasteiger partial charge in [0.2, 0.25) is 0 Å². The van der Waals surface area contributed by atoms with Gasteiger partial charge in [-0.3, -0.25) is 9.00 Å². The average Bonchev–Trinajstić information content (AvgIpc) is 2.83. The molecule has 4 rings (SSSR count). The number of hydrogen-bond donors (Lipinski definition) is 0. The van der Waals surface area contributed by atoms with Crippen molar-refractivity contribution in [2.75, 3.05) is 5.75 Å². The third kappa shape index (κ3) is 5.81. The number of unbranched alkanes of at least 4 members (excludes halogenated alkanes) is 1. The fraction of sp³-hybridized carbons (Fsp3) is 0.233. The number of aromatic nitrogens is 1. The first kappa shape index (κ1) is 23.9. The molecule has 4 heteroatoms. The van der Waals surface area contributed by atoms with E-state index in [1.807, 2.05) is 68.2 Å². The van der Waals surface area contributed by atoms with Crippen molar-refractivity contribution in [1.82, 2.24) is 4.57 Å². The van der Waals surface area contributed by atoms with E-state index in [-0.39, 0.29) is 5.43 Å². The zero-order chi connectivity index (χ0) is 24.1. The van der Waals surface area contributed by atoms with Crippen LogP contribution >= 0.6 is 0 Å². The van der Waals surface area contributed by atoms with Crippen molar-refractivity contribution < 1.29 is 4.21 Å². The second-order valence-corrected chi connectivity index (χ2v) is 10.5. The summed E-state index contributed by atoms with van der Waals surface area (Å²) in [6, 6.07) is 24.2. The lowest BCUT2D eigenvalue weighted by Gasteiger charge is -2.11. The van der Waals surface area contributed by atoms with Gasteiger partial charge in [-0.05, 0) is 61.9 Å². The maximum atomic E-state index is 13.5. The van der Waals surface area contributed by atoms with Gasteiger partial charge < -0.3 is 4.57 Å². The maximum absolute atomic E-state index is 13.5. The third-order valence-corrected chi connectivity index (χ3v) is 7.42. The Labute approximate surface area is 204 Å². The highest BCUT2D eigenvalue weighted by molar-refractivity contribution is 7.85. The highest BCUT2D eigenvalue weighted by Crippen LogP contribution is 2.24. The Morgan fingerprint density at radius 1 is 0.765 bits per heavy atom. The van der Waals surface area contributed by atoms with Gasteiger partial charge in [-0.2, -0.15) is 0 Å². The molecule has 0 aliphatic rings. The van der Waals surface area contributed by atoms with Crippen LogP contribution in [0, 0.1) is 13.8 Å². The fourth-order valence-corrected chi connectivity index (χ4v) is 5.57. The van der Waals surface area contributed by atoms with Gasteiger partial charge in [0.25, 0.3) is 0 Å². The molecule has 0 fully saturated rings. The molecule has 1 atom stereocenters. The molecule has 0 bridgehead atoms.